The Kier molecular flexibility index (Phi) is 19.5. The molecule has 3 N–H and O–H groups in total. The highest BCUT2D eigenvalue weighted by molar-refractivity contribution is 5.93. The molecule has 0 unspecified atom stereocenters. The van der Waals surface area contributed by atoms with Gasteiger partial charge in [-0.25, -0.2) is 4.79 Å². The van der Waals surface area contributed by atoms with Crippen molar-refractivity contribution in [3.63, 3.8) is 0 Å². The van der Waals surface area contributed by atoms with Gasteiger partial charge in [-0.15, -0.1) is 0 Å². The van der Waals surface area contributed by atoms with Gasteiger partial charge in [-0.05, 0) is 12.8 Å². The zero-order valence-electron chi connectivity index (χ0n) is 18.0. The molecule has 29 heavy (non-hydrogen) atoms. The molecule has 0 spiro atoms. The molecule has 0 aromatic rings. The number of carbonyl (C=O) groups is 3. The fourth-order valence-electron chi connectivity index (χ4n) is 3.29. The molecule has 0 rings (SSSR count). The molecule has 6 nitrogen and oxygen atoms in total. The Hall–Kier alpha value is -1.85. The van der Waals surface area contributed by atoms with Crippen LogP contribution in [-0.2, 0) is 14.4 Å². The third kappa shape index (κ3) is 24.1. The van der Waals surface area contributed by atoms with Crippen molar-refractivity contribution in [1.82, 2.24) is 5.32 Å². The Bertz CT molecular complexity index is 462. The first-order chi connectivity index (χ1) is 14.0. The highest BCUT2D eigenvalue weighted by Crippen LogP contribution is 2.14. The summed E-state index contributed by atoms with van der Waals surface area (Å²) in [6.45, 7) is 0.602. The van der Waals surface area contributed by atoms with E-state index in [4.69, 9.17) is 10.2 Å². The number of hydrogen-bond donors (Lipinski definition) is 3. The average Bonchev–Trinajstić information content (AvgIpc) is 2.67. The third-order valence-corrected chi connectivity index (χ3v) is 4.99. The lowest BCUT2D eigenvalue weighted by atomic mass is 10.0. The number of rotatable bonds is 21. The standard InChI is InChI=1S/C23H41NO5/c25-21(18-19-23(28)29)24-20-16-14-12-10-8-6-4-2-1-3-5-7-9-11-13-15-17-22(26)27/h18-19H,1-17,20H2,(H,24,25)(H,26,27)(H,28,29). The van der Waals surface area contributed by atoms with Crippen LogP contribution in [0.3, 0.4) is 0 Å². The summed E-state index contributed by atoms with van der Waals surface area (Å²) >= 11 is 0. The Labute approximate surface area is 176 Å². The molecule has 0 aromatic heterocycles. The van der Waals surface area contributed by atoms with Gasteiger partial charge in [0, 0.05) is 25.1 Å². The van der Waals surface area contributed by atoms with Crippen molar-refractivity contribution < 1.29 is 24.6 Å². The van der Waals surface area contributed by atoms with Crippen molar-refractivity contribution >= 4 is 17.8 Å². The average molecular weight is 412 g/mol. The Morgan fingerprint density at radius 3 is 1.31 bits per heavy atom. The molecule has 0 aliphatic heterocycles. The van der Waals surface area contributed by atoms with Crippen LogP contribution in [0, 0.1) is 0 Å². The first-order valence-electron chi connectivity index (χ1n) is 11.4. The fraction of sp³-hybridized carbons (Fsp3) is 0.783. The topological polar surface area (TPSA) is 104 Å². The maximum Gasteiger partial charge on any atom is 0.328 e. The molecule has 0 aliphatic rings. The first kappa shape index (κ1) is 27.1. The van der Waals surface area contributed by atoms with E-state index in [9.17, 15) is 14.4 Å². The summed E-state index contributed by atoms with van der Waals surface area (Å²) in [5, 5.41) is 19.7. The summed E-state index contributed by atoms with van der Waals surface area (Å²) in [4.78, 5) is 31.9. The number of amides is 1. The van der Waals surface area contributed by atoms with E-state index in [1.54, 1.807) is 0 Å². The van der Waals surface area contributed by atoms with Gasteiger partial charge in [0.25, 0.3) is 0 Å². The van der Waals surface area contributed by atoms with Gasteiger partial charge < -0.3 is 15.5 Å². The highest BCUT2D eigenvalue weighted by Gasteiger charge is 1.98. The van der Waals surface area contributed by atoms with Gasteiger partial charge in [0.1, 0.15) is 0 Å². The van der Waals surface area contributed by atoms with Crippen LogP contribution < -0.4 is 5.32 Å². The molecule has 168 valence electrons. The molecule has 0 radical (unpaired) electrons. The second-order valence-electron chi connectivity index (χ2n) is 7.76. The number of aliphatic carboxylic acids is 2. The van der Waals surface area contributed by atoms with Crippen molar-refractivity contribution in [2.24, 2.45) is 0 Å². The van der Waals surface area contributed by atoms with Crippen molar-refractivity contribution in [2.75, 3.05) is 6.54 Å². The van der Waals surface area contributed by atoms with E-state index in [1.807, 2.05) is 0 Å². The predicted molar refractivity (Wildman–Crippen MR) is 116 cm³/mol. The summed E-state index contributed by atoms with van der Waals surface area (Å²) in [5.74, 6) is -2.13. The van der Waals surface area contributed by atoms with Crippen molar-refractivity contribution in [3.8, 4) is 0 Å². The Morgan fingerprint density at radius 2 is 0.931 bits per heavy atom. The summed E-state index contributed by atoms with van der Waals surface area (Å²) < 4.78 is 0. The number of carboxylic acid groups (broad SMARTS) is 2. The molecule has 0 aliphatic carbocycles. The summed E-state index contributed by atoms with van der Waals surface area (Å²) in [5.41, 5.74) is 0. The quantitative estimate of drug-likeness (QED) is 0.172. The van der Waals surface area contributed by atoms with Crippen molar-refractivity contribution in [1.29, 1.82) is 0 Å². The van der Waals surface area contributed by atoms with E-state index >= 15 is 0 Å². The smallest absolute Gasteiger partial charge is 0.328 e. The first-order valence-corrected chi connectivity index (χ1v) is 11.4. The maximum atomic E-state index is 11.3. The van der Waals surface area contributed by atoms with E-state index in [-0.39, 0.29) is 5.91 Å². The van der Waals surface area contributed by atoms with Crippen LogP contribution >= 0.6 is 0 Å². The predicted octanol–water partition coefficient (Wildman–Crippen LogP) is 5.46. The molecule has 0 aromatic carbocycles. The lowest BCUT2D eigenvalue weighted by Gasteiger charge is -2.04. The highest BCUT2D eigenvalue weighted by atomic mass is 16.4. The summed E-state index contributed by atoms with van der Waals surface area (Å²) in [6, 6.07) is 0. The molecule has 0 fully saturated rings. The molecule has 0 saturated heterocycles. The molecule has 0 saturated carbocycles. The largest absolute Gasteiger partial charge is 0.481 e. The number of carbonyl (C=O) groups excluding carboxylic acids is 1. The minimum atomic E-state index is -1.11. The van der Waals surface area contributed by atoms with E-state index in [0.29, 0.717) is 13.0 Å². The van der Waals surface area contributed by atoms with Crippen molar-refractivity contribution in [2.45, 2.75) is 109 Å². The zero-order valence-corrected chi connectivity index (χ0v) is 18.0. The molecule has 0 atom stereocenters. The van der Waals surface area contributed by atoms with Crippen LogP contribution in [0.5, 0.6) is 0 Å². The minimum Gasteiger partial charge on any atom is -0.481 e. The summed E-state index contributed by atoms with van der Waals surface area (Å²) in [7, 11) is 0. The second kappa shape index (κ2) is 20.9. The Morgan fingerprint density at radius 1 is 0.552 bits per heavy atom. The van der Waals surface area contributed by atoms with Gasteiger partial charge >= 0.3 is 11.9 Å². The number of unbranched alkanes of at least 4 members (excludes halogenated alkanes) is 15. The van der Waals surface area contributed by atoms with Crippen LogP contribution in [0.4, 0.5) is 0 Å². The zero-order chi connectivity index (χ0) is 21.6. The van der Waals surface area contributed by atoms with Crippen molar-refractivity contribution in [3.05, 3.63) is 12.2 Å². The molecule has 1 amide bonds. The van der Waals surface area contributed by atoms with Gasteiger partial charge in [-0.2, -0.15) is 0 Å². The minimum absolute atomic E-state index is 0.312. The lowest BCUT2D eigenvalue weighted by Crippen LogP contribution is -2.22. The van der Waals surface area contributed by atoms with Crippen LogP contribution in [0.2, 0.25) is 0 Å². The summed E-state index contributed by atoms with van der Waals surface area (Å²) in [6.07, 6.45) is 21.4. The van der Waals surface area contributed by atoms with E-state index in [0.717, 1.165) is 37.8 Å². The van der Waals surface area contributed by atoms with Crippen LogP contribution in [-0.4, -0.2) is 34.6 Å². The molecule has 6 heteroatoms. The number of carboxylic acids is 2. The van der Waals surface area contributed by atoms with E-state index in [1.165, 1.54) is 77.0 Å². The van der Waals surface area contributed by atoms with Gasteiger partial charge in [-0.3, -0.25) is 9.59 Å². The van der Waals surface area contributed by atoms with Crippen LogP contribution in [0.15, 0.2) is 12.2 Å². The molecule has 0 heterocycles. The molecular weight excluding hydrogens is 370 g/mol. The Balaban J connectivity index is 3.14. The monoisotopic (exact) mass is 411 g/mol. The van der Waals surface area contributed by atoms with Gasteiger partial charge in [-0.1, -0.05) is 89.9 Å². The second-order valence-corrected chi connectivity index (χ2v) is 7.76. The van der Waals surface area contributed by atoms with Gasteiger partial charge in [0.05, 0.1) is 0 Å². The molecule has 0 bridgehead atoms. The van der Waals surface area contributed by atoms with Gasteiger partial charge in [0.15, 0.2) is 0 Å². The molecular formula is C23H41NO5. The lowest BCUT2D eigenvalue weighted by molar-refractivity contribution is -0.137. The maximum absolute atomic E-state index is 11.3. The fourth-order valence-corrected chi connectivity index (χ4v) is 3.29. The number of hydrogen-bond acceptors (Lipinski definition) is 3. The third-order valence-electron chi connectivity index (χ3n) is 4.99. The normalized spacial score (nSPS) is 11.0. The van der Waals surface area contributed by atoms with Gasteiger partial charge in [0.2, 0.25) is 5.91 Å². The van der Waals surface area contributed by atoms with E-state index < -0.39 is 11.9 Å². The SMILES string of the molecule is O=C(O)C=CC(=O)NCCCCCCCCCCCCCCCCCCC(=O)O. The van der Waals surface area contributed by atoms with E-state index in [2.05, 4.69) is 5.32 Å². The van der Waals surface area contributed by atoms with Crippen LogP contribution in [0.1, 0.15) is 109 Å². The van der Waals surface area contributed by atoms with Crippen LogP contribution in [0.25, 0.3) is 0 Å². The number of nitrogens with one attached hydrogen (secondary N) is 1.